The summed E-state index contributed by atoms with van der Waals surface area (Å²) in [6.07, 6.45) is 4.12. The lowest BCUT2D eigenvalue weighted by molar-refractivity contribution is 0.361. The van der Waals surface area contributed by atoms with Crippen molar-refractivity contribution in [2.45, 2.75) is 38.5 Å². The van der Waals surface area contributed by atoms with Crippen LogP contribution in [0.3, 0.4) is 0 Å². The summed E-state index contributed by atoms with van der Waals surface area (Å²) >= 11 is 0. The third kappa shape index (κ3) is 3.25. The molecule has 1 fully saturated rings. The van der Waals surface area contributed by atoms with Gasteiger partial charge in [0.05, 0.1) is 0 Å². The topological polar surface area (TPSA) is 51.0 Å². The van der Waals surface area contributed by atoms with Crippen molar-refractivity contribution in [3.05, 3.63) is 47.1 Å². The van der Waals surface area contributed by atoms with Gasteiger partial charge in [-0.15, -0.1) is 0 Å². The van der Waals surface area contributed by atoms with Crippen LogP contribution in [0.1, 0.15) is 41.6 Å². The van der Waals surface area contributed by atoms with Crippen LogP contribution in [-0.2, 0) is 12.8 Å². The Labute approximate surface area is 119 Å². The monoisotopic (exact) mass is 271 g/mol. The second kappa shape index (κ2) is 6.18. The normalized spacial score (nSPS) is 19.1. The summed E-state index contributed by atoms with van der Waals surface area (Å²) in [6.45, 7) is 4.19. The molecule has 1 saturated heterocycles. The minimum Gasteiger partial charge on any atom is -0.339 e. The highest BCUT2D eigenvalue weighted by atomic mass is 16.5. The Hall–Kier alpha value is -1.68. The van der Waals surface area contributed by atoms with Crippen LogP contribution in [0, 0.1) is 6.92 Å². The van der Waals surface area contributed by atoms with E-state index in [0.29, 0.717) is 5.92 Å². The zero-order valence-corrected chi connectivity index (χ0v) is 11.9. The van der Waals surface area contributed by atoms with E-state index in [9.17, 15) is 0 Å². The number of piperidine rings is 1. The molecular weight excluding hydrogens is 250 g/mol. The second-order valence-electron chi connectivity index (χ2n) is 5.58. The SMILES string of the molecule is Cc1cccc(CCc2nc(C3CCCNC3)no2)c1. The molecule has 1 atom stereocenters. The number of rotatable bonds is 4. The molecule has 1 N–H and O–H groups in total. The molecule has 2 aromatic rings. The Kier molecular flexibility index (Phi) is 4.11. The Morgan fingerprint density at radius 3 is 3.10 bits per heavy atom. The minimum atomic E-state index is 0.417. The number of nitrogens with zero attached hydrogens (tertiary/aromatic N) is 2. The van der Waals surface area contributed by atoms with E-state index in [1.165, 1.54) is 17.5 Å². The van der Waals surface area contributed by atoms with Gasteiger partial charge in [0.2, 0.25) is 5.89 Å². The van der Waals surface area contributed by atoms with Crippen molar-refractivity contribution in [2.75, 3.05) is 13.1 Å². The molecule has 106 valence electrons. The van der Waals surface area contributed by atoms with Gasteiger partial charge in [0.15, 0.2) is 5.82 Å². The number of hydrogen-bond donors (Lipinski definition) is 1. The zero-order chi connectivity index (χ0) is 13.8. The quantitative estimate of drug-likeness (QED) is 0.928. The average Bonchev–Trinajstić information content (AvgIpc) is 2.95. The van der Waals surface area contributed by atoms with Crippen LogP contribution in [0.2, 0.25) is 0 Å². The lowest BCUT2D eigenvalue weighted by Crippen LogP contribution is -2.28. The Balaban J connectivity index is 1.59. The van der Waals surface area contributed by atoms with E-state index in [1.54, 1.807) is 0 Å². The predicted molar refractivity (Wildman–Crippen MR) is 77.7 cm³/mol. The van der Waals surface area contributed by atoms with Gasteiger partial charge in [-0.3, -0.25) is 0 Å². The number of hydrogen-bond acceptors (Lipinski definition) is 4. The molecule has 4 heteroatoms. The van der Waals surface area contributed by atoms with Crippen molar-refractivity contribution in [1.82, 2.24) is 15.5 Å². The molecule has 1 unspecified atom stereocenters. The molecule has 0 aliphatic carbocycles. The summed E-state index contributed by atoms with van der Waals surface area (Å²) in [5.41, 5.74) is 2.62. The highest BCUT2D eigenvalue weighted by molar-refractivity contribution is 5.22. The number of nitrogens with one attached hydrogen (secondary N) is 1. The number of benzene rings is 1. The number of aryl methyl sites for hydroxylation is 3. The molecule has 1 aliphatic rings. The molecule has 3 rings (SSSR count). The standard InChI is InChI=1S/C16H21N3O/c1-12-4-2-5-13(10-12)7-8-15-18-16(19-20-15)14-6-3-9-17-11-14/h2,4-5,10,14,17H,3,6-9,11H2,1H3. The van der Waals surface area contributed by atoms with Crippen molar-refractivity contribution in [1.29, 1.82) is 0 Å². The lowest BCUT2D eigenvalue weighted by Gasteiger charge is -2.19. The van der Waals surface area contributed by atoms with Crippen LogP contribution in [0.4, 0.5) is 0 Å². The van der Waals surface area contributed by atoms with Crippen LogP contribution in [0.25, 0.3) is 0 Å². The summed E-state index contributed by atoms with van der Waals surface area (Å²) in [6, 6.07) is 8.57. The molecule has 0 bridgehead atoms. The summed E-state index contributed by atoms with van der Waals surface area (Å²) in [5, 5.41) is 7.53. The highest BCUT2D eigenvalue weighted by Crippen LogP contribution is 2.20. The Morgan fingerprint density at radius 2 is 2.30 bits per heavy atom. The largest absolute Gasteiger partial charge is 0.339 e. The maximum absolute atomic E-state index is 5.38. The summed E-state index contributed by atoms with van der Waals surface area (Å²) in [4.78, 5) is 4.55. The Bertz CT molecular complexity index is 558. The van der Waals surface area contributed by atoms with Gasteiger partial charge in [0.1, 0.15) is 0 Å². The van der Waals surface area contributed by atoms with Gasteiger partial charge in [0.25, 0.3) is 0 Å². The van der Waals surface area contributed by atoms with E-state index >= 15 is 0 Å². The van der Waals surface area contributed by atoms with Gasteiger partial charge in [-0.2, -0.15) is 4.98 Å². The fourth-order valence-electron chi connectivity index (χ4n) is 2.73. The first-order valence-electron chi connectivity index (χ1n) is 7.40. The smallest absolute Gasteiger partial charge is 0.226 e. The first-order valence-corrected chi connectivity index (χ1v) is 7.40. The maximum atomic E-state index is 5.38. The first-order chi connectivity index (χ1) is 9.81. The third-order valence-electron chi connectivity index (χ3n) is 3.86. The van der Waals surface area contributed by atoms with E-state index in [4.69, 9.17) is 4.52 Å². The van der Waals surface area contributed by atoms with Crippen LogP contribution < -0.4 is 5.32 Å². The van der Waals surface area contributed by atoms with E-state index in [2.05, 4.69) is 46.6 Å². The molecule has 4 nitrogen and oxygen atoms in total. The fraction of sp³-hybridized carbons (Fsp3) is 0.500. The second-order valence-corrected chi connectivity index (χ2v) is 5.58. The molecule has 0 saturated carbocycles. The summed E-state index contributed by atoms with van der Waals surface area (Å²) in [5.74, 6) is 2.05. The van der Waals surface area contributed by atoms with E-state index in [0.717, 1.165) is 44.1 Å². The molecule has 1 aliphatic heterocycles. The van der Waals surface area contributed by atoms with E-state index in [-0.39, 0.29) is 0 Å². The molecule has 0 radical (unpaired) electrons. The van der Waals surface area contributed by atoms with Crippen molar-refractivity contribution >= 4 is 0 Å². The molecule has 1 aromatic heterocycles. The third-order valence-corrected chi connectivity index (χ3v) is 3.86. The van der Waals surface area contributed by atoms with Crippen LogP contribution in [-0.4, -0.2) is 23.2 Å². The summed E-state index contributed by atoms with van der Waals surface area (Å²) < 4.78 is 5.38. The predicted octanol–water partition coefficient (Wildman–Crippen LogP) is 2.63. The Morgan fingerprint density at radius 1 is 1.35 bits per heavy atom. The molecule has 0 amide bonds. The zero-order valence-electron chi connectivity index (χ0n) is 11.9. The molecule has 0 spiro atoms. The molecule has 2 heterocycles. The summed E-state index contributed by atoms with van der Waals surface area (Å²) in [7, 11) is 0. The van der Waals surface area contributed by atoms with Gasteiger partial charge in [0, 0.05) is 18.9 Å². The maximum Gasteiger partial charge on any atom is 0.226 e. The van der Waals surface area contributed by atoms with Crippen LogP contribution >= 0.6 is 0 Å². The first kappa shape index (κ1) is 13.3. The van der Waals surface area contributed by atoms with Crippen LogP contribution in [0.15, 0.2) is 28.8 Å². The van der Waals surface area contributed by atoms with E-state index in [1.807, 2.05) is 0 Å². The van der Waals surface area contributed by atoms with Crippen molar-refractivity contribution in [3.8, 4) is 0 Å². The average molecular weight is 271 g/mol. The molecule has 1 aromatic carbocycles. The van der Waals surface area contributed by atoms with Gasteiger partial charge in [-0.05, 0) is 38.3 Å². The van der Waals surface area contributed by atoms with E-state index < -0.39 is 0 Å². The van der Waals surface area contributed by atoms with Gasteiger partial charge >= 0.3 is 0 Å². The van der Waals surface area contributed by atoms with Gasteiger partial charge in [-0.1, -0.05) is 35.0 Å². The van der Waals surface area contributed by atoms with Crippen molar-refractivity contribution in [3.63, 3.8) is 0 Å². The van der Waals surface area contributed by atoms with Gasteiger partial charge in [-0.25, -0.2) is 0 Å². The van der Waals surface area contributed by atoms with Gasteiger partial charge < -0.3 is 9.84 Å². The molecular formula is C16H21N3O. The highest BCUT2D eigenvalue weighted by Gasteiger charge is 2.20. The minimum absolute atomic E-state index is 0.417. The fourth-order valence-corrected chi connectivity index (χ4v) is 2.73. The van der Waals surface area contributed by atoms with Crippen molar-refractivity contribution in [2.24, 2.45) is 0 Å². The lowest BCUT2D eigenvalue weighted by atomic mass is 9.99. The van der Waals surface area contributed by atoms with Crippen molar-refractivity contribution < 1.29 is 4.52 Å². The van der Waals surface area contributed by atoms with Crippen LogP contribution in [0.5, 0.6) is 0 Å². The molecule has 20 heavy (non-hydrogen) atoms. The number of aromatic nitrogens is 2.